The van der Waals surface area contributed by atoms with Crippen LogP contribution in [0.1, 0.15) is 22.3 Å². The summed E-state index contributed by atoms with van der Waals surface area (Å²) < 4.78 is 0. The van der Waals surface area contributed by atoms with Gasteiger partial charge in [0, 0.05) is 22.7 Å². The highest BCUT2D eigenvalue weighted by Crippen LogP contribution is 2.35. The normalized spacial score (nSPS) is 14.0. The molecule has 3 heteroatoms. The van der Waals surface area contributed by atoms with Crippen molar-refractivity contribution in [2.24, 2.45) is 0 Å². The topological polar surface area (TPSA) is 53.1 Å². The van der Waals surface area contributed by atoms with Crippen molar-refractivity contribution in [1.29, 1.82) is 0 Å². The quantitative estimate of drug-likeness (QED) is 0.781. The van der Waals surface area contributed by atoms with E-state index in [1.807, 2.05) is 12.3 Å². The molecule has 0 radical (unpaired) electrons. The second kappa shape index (κ2) is 2.73. The minimum Gasteiger partial charge on any atom is -0.478 e. The van der Waals surface area contributed by atoms with Crippen molar-refractivity contribution in [3.05, 3.63) is 41.6 Å². The average molecular weight is 199 g/mol. The minimum atomic E-state index is -0.890. The van der Waals surface area contributed by atoms with E-state index in [0.29, 0.717) is 5.56 Å². The van der Waals surface area contributed by atoms with Crippen LogP contribution in [0.25, 0.3) is 16.5 Å². The molecule has 1 aromatic heterocycles. The number of carbonyl (C=O) groups is 1. The van der Waals surface area contributed by atoms with Crippen LogP contribution in [0.5, 0.6) is 0 Å². The highest BCUT2D eigenvalue weighted by molar-refractivity contribution is 5.99. The molecule has 0 fully saturated rings. The maximum absolute atomic E-state index is 10.8. The standard InChI is InChI=1S/C12H9NO2/c14-12(15)8-3-4-9-10(7-1-2-7)6-13-11(9)5-8/h1,3-6,13H,2H2,(H,14,15). The predicted molar refractivity (Wildman–Crippen MR) is 57.9 cm³/mol. The van der Waals surface area contributed by atoms with E-state index in [9.17, 15) is 4.79 Å². The molecule has 0 aliphatic heterocycles. The Morgan fingerprint density at radius 3 is 2.87 bits per heavy atom. The van der Waals surface area contributed by atoms with Gasteiger partial charge in [-0.15, -0.1) is 0 Å². The maximum Gasteiger partial charge on any atom is 0.335 e. The fourth-order valence-corrected chi connectivity index (χ4v) is 1.80. The summed E-state index contributed by atoms with van der Waals surface area (Å²) in [5.74, 6) is -0.890. The molecule has 2 aromatic rings. The Kier molecular flexibility index (Phi) is 1.51. The van der Waals surface area contributed by atoms with Crippen molar-refractivity contribution < 1.29 is 9.90 Å². The summed E-state index contributed by atoms with van der Waals surface area (Å²) >= 11 is 0. The first-order chi connectivity index (χ1) is 7.25. The largest absolute Gasteiger partial charge is 0.478 e. The zero-order valence-corrected chi connectivity index (χ0v) is 7.95. The van der Waals surface area contributed by atoms with E-state index >= 15 is 0 Å². The first-order valence-electron chi connectivity index (χ1n) is 4.79. The van der Waals surface area contributed by atoms with Crippen LogP contribution in [0, 0.1) is 0 Å². The summed E-state index contributed by atoms with van der Waals surface area (Å²) in [5.41, 5.74) is 3.74. The molecule has 0 saturated carbocycles. The van der Waals surface area contributed by atoms with Crippen LogP contribution in [0.2, 0.25) is 0 Å². The van der Waals surface area contributed by atoms with Gasteiger partial charge in [0.15, 0.2) is 0 Å². The molecule has 2 N–H and O–H groups in total. The number of fused-ring (bicyclic) bond motifs is 1. The van der Waals surface area contributed by atoms with Gasteiger partial charge >= 0.3 is 5.97 Å². The Labute approximate surface area is 86.0 Å². The van der Waals surface area contributed by atoms with Crippen LogP contribution in [0.15, 0.2) is 30.5 Å². The van der Waals surface area contributed by atoms with Crippen molar-refractivity contribution in [3.63, 3.8) is 0 Å². The van der Waals surface area contributed by atoms with E-state index in [1.165, 1.54) is 11.1 Å². The SMILES string of the molecule is O=C(O)c1ccc2c(C3=CC3)c[nH]c2c1. The number of rotatable bonds is 2. The molecule has 3 nitrogen and oxygen atoms in total. The number of nitrogens with one attached hydrogen (secondary N) is 1. The Morgan fingerprint density at radius 2 is 2.20 bits per heavy atom. The molecule has 0 spiro atoms. The Morgan fingerprint density at radius 1 is 1.40 bits per heavy atom. The number of hydrogen-bond donors (Lipinski definition) is 2. The zero-order valence-electron chi connectivity index (χ0n) is 7.95. The number of H-pyrrole nitrogens is 1. The lowest BCUT2D eigenvalue weighted by molar-refractivity contribution is 0.0697. The smallest absolute Gasteiger partial charge is 0.335 e. The molecule has 0 bridgehead atoms. The third-order valence-electron chi connectivity index (χ3n) is 2.68. The molecule has 0 unspecified atom stereocenters. The van der Waals surface area contributed by atoms with Crippen molar-refractivity contribution in [2.45, 2.75) is 6.42 Å². The van der Waals surface area contributed by atoms with Crippen LogP contribution in [-0.2, 0) is 0 Å². The molecule has 3 rings (SSSR count). The number of aromatic amines is 1. The average Bonchev–Trinajstić information content (AvgIpc) is 2.98. The van der Waals surface area contributed by atoms with Crippen molar-refractivity contribution in [1.82, 2.24) is 4.98 Å². The summed E-state index contributed by atoms with van der Waals surface area (Å²) in [7, 11) is 0. The molecule has 1 aliphatic rings. The first kappa shape index (κ1) is 8.29. The van der Waals surface area contributed by atoms with Crippen LogP contribution in [0.4, 0.5) is 0 Å². The van der Waals surface area contributed by atoms with E-state index in [0.717, 1.165) is 17.3 Å². The highest BCUT2D eigenvalue weighted by atomic mass is 16.4. The van der Waals surface area contributed by atoms with Gasteiger partial charge in [-0.1, -0.05) is 12.1 Å². The van der Waals surface area contributed by atoms with Gasteiger partial charge < -0.3 is 10.1 Å². The van der Waals surface area contributed by atoms with Crippen molar-refractivity contribution in [3.8, 4) is 0 Å². The minimum absolute atomic E-state index is 0.320. The molecule has 74 valence electrons. The zero-order chi connectivity index (χ0) is 10.4. The van der Waals surface area contributed by atoms with Gasteiger partial charge in [-0.2, -0.15) is 0 Å². The van der Waals surface area contributed by atoms with Gasteiger partial charge in [-0.25, -0.2) is 4.79 Å². The number of hydrogen-bond acceptors (Lipinski definition) is 1. The summed E-state index contributed by atoms with van der Waals surface area (Å²) in [6, 6.07) is 5.18. The van der Waals surface area contributed by atoms with Gasteiger partial charge in [0.2, 0.25) is 0 Å². The summed E-state index contributed by atoms with van der Waals surface area (Å²) in [6.07, 6.45) is 5.15. The Balaban J connectivity index is 2.21. The molecule has 0 amide bonds. The number of allylic oxidation sites excluding steroid dienone is 2. The summed E-state index contributed by atoms with van der Waals surface area (Å²) in [5, 5.41) is 9.95. The molecule has 1 aromatic carbocycles. The third-order valence-corrected chi connectivity index (χ3v) is 2.68. The second-order valence-electron chi connectivity index (χ2n) is 3.70. The second-order valence-corrected chi connectivity index (χ2v) is 3.70. The van der Waals surface area contributed by atoms with Crippen LogP contribution in [0.3, 0.4) is 0 Å². The van der Waals surface area contributed by atoms with E-state index in [2.05, 4.69) is 11.1 Å². The monoisotopic (exact) mass is 199 g/mol. The van der Waals surface area contributed by atoms with E-state index in [1.54, 1.807) is 12.1 Å². The third kappa shape index (κ3) is 1.24. The summed E-state index contributed by atoms with van der Waals surface area (Å²) in [4.78, 5) is 13.9. The van der Waals surface area contributed by atoms with Gasteiger partial charge in [0.25, 0.3) is 0 Å². The molecule has 1 heterocycles. The van der Waals surface area contributed by atoms with E-state index in [4.69, 9.17) is 5.11 Å². The van der Waals surface area contributed by atoms with Crippen molar-refractivity contribution in [2.75, 3.05) is 0 Å². The van der Waals surface area contributed by atoms with Crippen LogP contribution >= 0.6 is 0 Å². The Hall–Kier alpha value is -2.03. The van der Waals surface area contributed by atoms with Gasteiger partial charge in [-0.3, -0.25) is 0 Å². The Bertz CT molecular complexity index is 593. The molecule has 15 heavy (non-hydrogen) atoms. The molecule has 1 aliphatic carbocycles. The fourth-order valence-electron chi connectivity index (χ4n) is 1.80. The molecule has 0 atom stereocenters. The number of carboxylic acid groups (broad SMARTS) is 1. The number of carboxylic acids is 1. The number of aromatic carboxylic acids is 1. The summed E-state index contributed by atoms with van der Waals surface area (Å²) in [6.45, 7) is 0. The fraction of sp³-hybridized carbons (Fsp3) is 0.0833. The van der Waals surface area contributed by atoms with Gasteiger partial charge in [0.1, 0.15) is 0 Å². The lowest BCUT2D eigenvalue weighted by Crippen LogP contribution is -1.94. The van der Waals surface area contributed by atoms with E-state index < -0.39 is 5.97 Å². The number of benzene rings is 1. The lowest BCUT2D eigenvalue weighted by atomic mass is 10.1. The molecular formula is C12H9NO2. The van der Waals surface area contributed by atoms with Crippen molar-refractivity contribution >= 4 is 22.4 Å². The lowest BCUT2D eigenvalue weighted by Gasteiger charge is -1.95. The van der Waals surface area contributed by atoms with Gasteiger partial charge in [-0.05, 0) is 24.1 Å². The predicted octanol–water partition coefficient (Wildman–Crippen LogP) is 2.65. The maximum atomic E-state index is 10.8. The van der Waals surface area contributed by atoms with Crippen LogP contribution < -0.4 is 0 Å². The molecule has 0 saturated heterocycles. The molecular weight excluding hydrogens is 190 g/mol. The number of aromatic nitrogens is 1. The highest BCUT2D eigenvalue weighted by Gasteiger charge is 2.15. The van der Waals surface area contributed by atoms with Gasteiger partial charge in [0.05, 0.1) is 5.56 Å². The first-order valence-corrected chi connectivity index (χ1v) is 4.79. The van der Waals surface area contributed by atoms with E-state index in [-0.39, 0.29) is 0 Å². The van der Waals surface area contributed by atoms with Crippen LogP contribution in [-0.4, -0.2) is 16.1 Å².